The predicted molar refractivity (Wildman–Crippen MR) is 131 cm³/mol. The predicted octanol–water partition coefficient (Wildman–Crippen LogP) is 3.21. The molecule has 0 fully saturated rings. The number of nitrogens with one attached hydrogen (secondary N) is 3. The quantitative estimate of drug-likeness (QED) is 0.536. The number of fused-ring (bicyclic) bond motifs is 1. The van der Waals surface area contributed by atoms with Crippen LogP contribution in [0.2, 0.25) is 0 Å². The summed E-state index contributed by atoms with van der Waals surface area (Å²) in [6.45, 7) is 11.3. The van der Waals surface area contributed by atoms with Gasteiger partial charge in [0, 0.05) is 22.1 Å². The number of amides is 3. The van der Waals surface area contributed by atoms with Crippen molar-refractivity contribution in [1.82, 2.24) is 20.9 Å². The zero-order valence-corrected chi connectivity index (χ0v) is 19.6. The van der Waals surface area contributed by atoms with Crippen molar-refractivity contribution >= 4 is 34.8 Å². The molecule has 0 radical (unpaired) electrons. The van der Waals surface area contributed by atoms with E-state index >= 15 is 0 Å². The summed E-state index contributed by atoms with van der Waals surface area (Å²) in [6, 6.07) is 5.85. The Bertz CT molecular complexity index is 934. The fourth-order valence-electron chi connectivity index (χ4n) is 2.56. The number of carbonyl (C=O) groups is 4. The smallest absolute Gasteiger partial charge is 0.253 e. The Balaban J connectivity index is -0.00000136. The van der Waals surface area contributed by atoms with Crippen LogP contribution in [0.5, 0.6) is 0 Å². The van der Waals surface area contributed by atoms with Crippen molar-refractivity contribution < 1.29 is 23.5 Å². The van der Waals surface area contributed by atoms with Gasteiger partial charge in [0.2, 0.25) is 11.8 Å². The second-order valence-electron chi connectivity index (χ2n) is 8.53. The molecule has 1 aromatic heterocycles. The van der Waals surface area contributed by atoms with E-state index in [2.05, 4.69) is 41.7 Å². The number of nitrogens with zero attached hydrogens (tertiary/aromatic N) is 1. The molecule has 1 aromatic carbocycles. The lowest BCUT2D eigenvalue weighted by atomic mass is 10.1. The Morgan fingerprint density at radius 2 is 1.62 bits per heavy atom. The van der Waals surface area contributed by atoms with Crippen LogP contribution in [0, 0.1) is 11.8 Å². The van der Waals surface area contributed by atoms with Gasteiger partial charge in [-0.05, 0) is 24.1 Å². The third-order valence-corrected chi connectivity index (χ3v) is 4.27. The third-order valence-electron chi connectivity index (χ3n) is 4.27. The fourth-order valence-corrected chi connectivity index (χ4v) is 2.56. The number of aldehydes is 1. The zero-order valence-electron chi connectivity index (χ0n) is 19.6. The first-order valence-electron chi connectivity index (χ1n) is 10.7. The summed E-state index contributed by atoms with van der Waals surface area (Å²) < 4.78 is 0. The number of benzene rings is 1. The van der Waals surface area contributed by atoms with E-state index in [4.69, 9.17) is 0 Å². The monoisotopic (exact) mass is 448 g/mol. The summed E-state index contributed by atoms with van der Waals surface area (Å²) >= 11 is 0. The molecule has 0 aliphatic rings. The first-order chi connectivity index (χ1) is 15.1. The Morgan fingerprint density at radius 3 is 2.22 bits per heavy atom. The molecule has 0 unspecified atom stereocenters. The van der Waals surface area contributed by atoms with E-state index < -0.39 is 29.8 Å². The number of aromatic nitrogens is 1. The molecule has 3 N–H and O–H groups in total. The first kappa shape index (κ1) is 26.7. The Kier molecular flexibility index (Phi) is 11.0. The molecule has 2 rings (SSSR count). The van der Waals surface area contributed by atoms with E-state index in [-0.39, 0.29) is 16.7 Å². The van der Waals surface area contributed by atoms with Crippen LogP contribution in [0.15, 0.2) is 36.7 Å². The second kappa shape index (κ2) is 13.2. The Labute approximate surface area is 194 Å². The summed E-state index contributed by atoms with van der Waals surface area (Å²) in [5, 5.41) is 9.14. The van der Waals surface area contributed by atoms with E-state index in [1.54, 1.807) is 26.1 Å². The van der Waals surface area contributed by atoms with Gasteiger partial charge in [-0.3, -0.25) is 19.4 Å². The van der Waals surface area contributed by atoms with Gasteiger partial charge >= 0.3 is 0 Å². The maximum Gasteiger partial charge on any atom is 0.253 e. The molecule has 2 aromatic rings. The van der Waals surface area contributed by atoms with Gasteiger partial charge in [0.05, 0.1) is 18.2 Å². The summed E-state index contributed by atoms with van der Waals surface area (Å²) in [7, 11) is 0. The van der Waals surface area contributed by atoms with E-state index in [1.807, 2.05) is 18.2 Å². The van der Waals surface area contributed by atoms with Crippen molar-refractivity contribution in [1.29, 1.82) is 0 Å². The lowest BCUT2D eigenvalue weighted by molar-refractivity contribution is -0.129. The maximum atomic E-state index is 12.4. The standard InChI is InChI=1S/C20H24N4O4.C4H10.3H2/c1-12(2)17(11-25)24-19(27)13(3)23-18(26)10-22-20(28)16-9-21-8-14-6-4-5-7-15(14)16;1-4(2)3;;;/h4-9,11-13,17H,10H2,1-3H3,(H,22,28)(H,23,26)(H,24,27);4H,1-3H3;3*1H/t13-,17+;;;;/m0..../s1. The highest BCUT2D eigenvalue weighted by Crippen LogP contribution is 2.16. The minimum atomic E-state index is -0.843. The number of rotatable bonds is 8. The Morgan fingerprint density at radius 1 is 1.00 bits per heavy atom. The molecule has 8 nitrogen and oxygen atoms in total. The van der Waals surface area contributed by atoms with Crippen molar-refractivity contribution in [2.45, 2.75) is 53.6 Å². The van der Waals surface area contributed by atoms with Gasteiger partial charge in [-0.1, -0.05) is 58.9 Å². The molecular weight excluding hydrogens is 408 g/mol. The largest absolute Gasteiger partial charge is 0.345 e. The first-order valence-corrected chi connectivity index (χ1v) is 10.7. The van der Waals surface area contributed by atoms with Crippen LogP contribution in [0.1, 0.15) is 56.2 Å². The molecular formula is C24H40N4O4. The summed E-state index contributed by atoms with van der Waals surface area (Å²) in [5.41, 5.74) is 0.363. The molecule has 2 atom stereocenters. The zero-order chi connectivity index (χ0) is 24.3. The summed E-state index contributed by atoms with van der Waals surface area (Å²) in [6.07, 6.45) is 3.76. The highest BCUT2D eigenvalue weighted by Gasteiger charge is 2.21. The summed E-state index contributed by atoms with van der Waals surface area (Å²) in [4.78, 5) is 51.5. The number of hydrogen-bond acceptors (Lipinski definition) is 5. The molecule has 0 bridgehead atoms. The maximum absolute atomic E-state index is 12.4. The van der Waals surface area contributed by atoms with Gasteiger partial charge in [-0.25, -0.2) is 0 Å². The van der Waals surface area contributed by atoms with Gasteiger partial charge in [0.25, 0.3) is 5.91 Å². The van der Waals surface area contributed by atoms with Crippen LogP contribution in [-0.4, -0.2) is 47.6 Å². The minimum absolute atomic E-state index is 0. The van der Waals surface area contributed by atoms with Crippen LogP contribution < -0.4 is 16.0 Å². The van der Waals surface area contributed by atoms with Crippen molar-refractivity contribution in [3.05, 3.63) is 42.2 Å². The number of pyridine rings is 1. The van der Waals surface area contributed by atoms with Crippen LogP contribution in [0.3, 0.4) is 0 Å². The van der Waals surface area contributed by atoms with E-state index in [1.165, 1.54) is 13.1 Å². The second-order valence-corrected chi connectivity index (χ2v) is 8.53. The highest BCUT2D eigenvalue weighted by atomic mass is 16.2. The number of hydrogen-bond donors (Lipinski definition) is 3. The van der Waals surface area contributed by atoms with Gasteiger partial charge < -0.3 is 20.7 Å². The molecule has 0 spiro atoms. The Hall–Kier alpha value is -3.29. The fraction of sp³-hybridized carbons (Fsp3) is 0.458. The lowest BCUT2D eigenvalue weighted by Crippen LogP contribution is -2.51. The molecule has 0 saturated heterocycles. The van der Waals surface area contributed by atoms with Crippen LogP contribution in [-0.2, 0) is 14.4 Å². The average molecular weight is 449 g/mol. The van der Waals surface area contributed by atoms with Crippen molar-refractivity contribution in [2.24, 2.45) is 11.8 Å². The molecule has 8 heteroatoms. The molecule has 0 aliphatic carbocycles. The van der Waals surface area contributed by atoms with Crippen LogP contribution >= 0.6 is 0 Å². The van der Waals surface area contributed by atoms with E-state index in [9.17, 15) is 19.2 Å². The van der Waals surface area contributed by atoms with E-state index in [0.29, 0.717) is 11.8 Å². The van der Waals surface area contributed by atoms with Crippen molar-refractivity contribution in [3.8, 4) is 0 Å². The van der Waals surface area contributed by atoms with E-state index in [0.717, 1.165) is 16.7 Å². The minimum Gasteiger partial charge on any atom is -0.345 e. The number of carbonyl (C=O) groups excluding carboxylic acids is 4. The normalized spacial score (nSPS) is 12.4. The van der Waals surface area contributed by atoms with Gasteiger partial charge in [-0.15, -0.1) is 0 Å². The average Bonchev–Trinajstić information content (AvgIpc) is 2.74. The third kappa shape index (κ3) is 8.83. The van der Waals surface area contributed by atoms with Gasteiger partial charge in [-0.2, -0.15) is 0 Å². The molecule has 0 saturated carbocycles. The van der Waals surface area contributed by atoms with Crippen molar-refractivity contribution in [3.63, 3.8) is 0 Å². The topological polar surface area (TPSA) is 117 Å². The lowest BCUT2D eigenvalue weighted by Gasteiger charge is -2.20. The van der Waals surface area contributed by atoms with Gasteiger partial charge in [0.1, 0.15) is 12.3 Å². The molecule has 32 heavy (non-hydrogen) atoms. The van der Waals surface area contributed by atoms with Crippen LogP contribution in [0.25, 0.3) is 10.8 Å². The van der Waals surface area contributed by atoms with Crippen molar-refractivity contribution in [2.75, 3.05) is 6.54 Å². The molecule has 3 amide bonds. The molecule has 0 aliphatic heterocycles. The molecule has 180 valence electrons. The van der Waals surface area contributed by atoms with Crippen LogP contribution in [0.4, 0.5) is 0 Å². The molecule has 1 heterocycles. The SMILES string of the molecule is CC(C)C.CC(C)[C@@H](C=O)NC(=O)[C@H](C)NC(=O)CNC(=O)c1cncc2ccccc12.[HH].[HH].[HH]. The van der Waals surface area contributed by atoms with Gasteiger partial charge in [0.15, 0.2) is 0 Å². The highest BCUT2D eigenvalue weighted by molar-refractivity contribution is 6.07. The summed E-state index contributed by atoms with van der Waals surface area (Å²) in [5.74, 6) is -0.643.